The third kappa shape index (κ3) is 6.55. The predicted molar refractivity (Wildman–Crippen MR) is 127 cm³/mol. The molecule has 3 rings (SSSR count). The highest BCUT2D eigenvalue weighted by Gasteiger charge is 2.28. The van der Waals surface area contributed by atoms with Crippen LogP contribution in [-0.2, 0) is 9.53 Å². The molecule has 2 atom stereocenters. The fourth-order valence-corrected chi connectivity index (χ4v) is 4.02. The van der Waals surface area contributed by atoms with Gasteiger partial charge in [-0.1, -0.05) is 55.3 Å². The van der Waals surface area contributed by atoms with Crippen molar-refractivity contribution < 1.29 is 14.3 Å². The maximum Gasteiger partial charge on any atom is 0.251 e. The lowest BCUT2D eigenvalue weighted by Gasteiger charge is -2.35. The Morgan fingerprint density at radius 2 is 1.78 bits per heavy atom. The Morgan fingerprint density at radius 3 is 2.41 bits per heavy atom. The molecule has 1 aliphatic rings. The molecule has 0 saturated carbocycles. The van der Waals surface area contributed by atoms with Gasteiger partial charge in [0.05, 0.1) is 19.3 Å². The second-order valence-electron chi connectivity index (χ2n) is 8.53. The molecule has 32 heavy (non-hydrogen) atoms. The Bertz CT molecular complexity index is 911. The first-order valence-electron chi connectivity index (χ1n) is 11.1. The molecule has 0 bridgehead atoms. The van der Waals surface area contributed by atoms with Crippen molar-refractivity contribution in [1.29, 1.82) is 0 Å². The van der Waals surface area contributed by atoms with Gasteiger partial charge in [-0.3, -0.25) is 14.5 Å². The summed E-state index contributed by atoms with van der Waals surface area (Å²) < 4.78 is 5.51. The van der Waals surface area contributed by atoms with Crippen LogP contribution in [0.5, 0.6) is 0 Å². The summed E-state index contributed by atoms with van der Waals surface area (Å²) in [7, 11) is 0. The average molecular weight is 458 g/mol. The van der Waals surface area contributed by atoms with Gasteiger partial charge in [-0.15, -0.1) is 0 Å². The van der Waals surface area contributed by atoms with E-state index < -0.39 is 6.04 Å². The van der Waals surface area contributed by atoms with Gasteiger partial charge in [-0.2, -0.15) is 0 Å². The number of nitrogens with one attached hydrogen (secondary N) is 2. The largest absolute Gasteiger partial charge is 0.379 e. The summed E-state index contributed by atoms with van der Waals surface area (Å²) in [6, 6.07) is 14.4. The molecule has 2 amide bonds. The number of hydrogen-bond acceptors (Lipinski definition) is 4. The molecule has 7 heteroatoms. The molecular weight excluding hydrogens is 426 g/mol. The van der Waals surface area contributed by atoms with Crippen LogP contribution >= 0.6 is 11.6 Å². The normalized spacial score (nSPS) is 16.4. The van der Waals surface area contributed by atoms with Crippen molar-refractivity contribution in [3.8, 4) is 0 Å². The number of benzene rings is 2. The monoisotopic (exact) mass is 457 g/mol. The molecule has 2 aromatic rings. The van der Waals surface area contributed by atoms with Crippen LogP contribution in [0.25, 0.3) is 0 Å². The van der Waals surface area contributed by atoms with Crippen LogP contribution in [0.2, 0.25) is 5.02 Å². The van der Waals surface area contributed by atoms with Gasteiger partial charge in [0.2, 0.25) is 5.91 Å². The van der Waals surface area contributed by atoms with Crippen LogP contribution < -0.4 is 10.6 Å². The van der Waals surface area contributed by atoms with Gasteiger partial charge in [0, 0.05) is 30.2 Å². The minimum Gasteiger partial charge on any atom is -0.379 e. The maximum atomic E-state index is 13.1. The number of carbonyl (C=O) groups excluding carboxylic acids is 2. The van der Waals surface area contributed by atoms with Gasteiger partial charge in [0.25, 0.3) is 5.91 Å². The van der Waals surface area contributed by atoms with E-state index >= 15 is 0 Å². The number of halogens is 1. The topological polar surface area (TPSA) is 70.7 Å². The number of ether oxygens (including phenoxy) is 1. The number of carbonyl (C=O) groups is 2. The fraction of sp³-hybridized carbons (Fsp3) is 0.440. The van der Waals surface area contributed by atoms with Crippen LogP contribution in [0.3, 0.4) is 0 Å². The molecule has 1 saturated heterocycles. The lowest BCUT2D eigenvalue weighted by Crippen LogP contribution is -2.52. The van der Waals surface area contributed by atoms with Crippen molar-refractivity contribution >= 4 is 23.4 Å². The smallest absolute Gasteiger partial charge is 0.251 e. The molecule has 2 N–H and O–H groups in total. The highest BCUT2D eigenvalue weighted by molar-refractivity contribution is 6.30. The van der Waals surface area contributed by atoms with Gasteiger partial charge in [-0.25, -0.2) is 0 Å². The van der Waals surface area contributed by atoms with Crippen LogP contribution in [0, 0.1) is 12.8 Å². The molecule has 2 aromatic carbocycles. The van der Waals surface area contributed by atoms with Crippen molar-refractivity contribution in [1.82, 2.24) is 15.5 Å². The Hall–Kier alpha value is -2.41. The Morgan fingerprint density at radius 1 is 1.09 bits per heavy atom. The third-order valence-corrected chi connectivity index (χ3v) is 5.98. The van der Waals surface area contributed by atoms with Crippen LogP contribution in [0.1, 0.15) is 41.4 Å². The lowest BCUT2D eigenvalue weighted by molar-refractivity contribution is -0.124. The SMILES string of the molecule is Cc1cccc(C(CNC(=O)C(NC(=O)c2ccc(Cl)cc2)C(C)C)N2CCOCC2)c1. The van der Waals surface area contributed by atoms with E-state index in [9.17, 15) is 9.59 Å². The molecule has 0 aromatic heterocycles. The van der Waals surface area contributed by atoms with E-state index in [0.29, 0.717) is 30.3 Å². The summed E-state index contributed by atoms with van der Waals surface area (Å²) in [6.45, 7) is 9.37. The van der Waals surface area contributed by atoms with Crippen LogP contribution in [0.15, 0.2) is 48.5 Å². The fourth-order valence-electron chi connectivity index (χ4n) is 3.89. The van der Waals surface area contributed by atoms with Crippen molar-refractivity contribution in [3.05, 3.63) is 70.2 Å². The average Bonchev–Trinajstić information content (AvgIpc) is 2.78. The molecule has 172 valence electrons. The minimum absolute atomic E-state index is 0.0440. The molecule has 1 heterocycles. The summed E-state index contributed by atoms with van der Waals surface area (Å²) in [5.74, 6) is -0.542. The minimum atomic E-state index is -0.638. The van der Waals surface area contributed by atoms with E-state index in [2.05, 4.69) is 40.7 Å². The Kier molecular flexibility index (Phi) is 8.67. The van der Waals surface area contributed by atoms with E-state index in [1.807, 2.05) is 19.9 Å². The Labute approximate surface area is 195 Å². The maximum absolute atomic E-state index is 13.1. The van der Waals surface area contributed by atoms with E-state index in [-0.39, 0.29) is 23.8 Å². The Balaban J connectivity index is 1.69. The zero-order valence-corrected chi connectivity index (χ0v) is 19.7. The number of hydrogen-bond donors (Lipinski definition) is 2. The molecule has 2 unspecified atom stereocenters. The van der Waals surface area contributed by atoms with Crippen LogP contribution in [-0.4, -0.2) is 55.6 Å². The van der Waals surface area contributed by atoms with Gasteiger partial charge < -0.3 is 15.4 Å². The second-order valence-corrected chi connectivity index (χ2v) is 8.96. The molecule has 1 aliphatic heterocycles. The van der Waals surface area contributed by atoms with Crippen molar-refractivity contribution in [2.75, 3.05) is 32.8 Å². The summed E-state index contributed by atoms with van der Waals surface area (Å²) in [6.07, 6.45) is 0. The molecule has 0 aliphatic carbocycles. The quantitative estimate of drug-likeness (QED) is 0.635. The number of amides is 2. The lowest BCUT2D eigenvalue weighted by atomic mass is 10.0. The number of aryl methyl sites for hydroxylation is 1. The number of rotatable bonds is 8. The van der Waals surface area contributed by atoms with Crippen LogP contribution in [0.4, 0.5) is 0 Å². The molecule has 6 nitrogen and oxygen atoms in total. The molecule has 0 radical (unpaired) electrons. The third-order valence-electron chi connectivity index (χ3n) is 5.73. The van der Waals surface area contributed by atoms with Gasteiger partial charge in [-0.05, 0) is 42.7 Å². The summed E-state index contributed by atoms with van der Waals surface area (Å²) in [5.41, 5.74) is 2.82. The molecule has 0 spiro atoms. The van der Waals surface area contributed by atoms with E-state index in [4.69, 9.17) is 16.3 Å². The number of nitrogens with zero attached hydrogens (tertiary/aromatic N) is 1. The van der Waals surface area contributed by atoms with Crippen molar-refractivity contribution in [3.63, 3.8) is 0 Å². The zero-order chi connectivity index (χ0) is 23.1. The summed E-state index contributed by atoms with van der Waals surface area (Å²) in [5, 5.41) is 6.52. The van der Waals surface area contributed by atoms with E-state index in [1.54, 1.807) is 24.3 Å². The second kappa shape index (κ2) is 11.5. The van der Waals surface area contributed by atoms with E-state index in [1.165, 1.54) is 11.1 Å². The summed E-state index contributed by atoms with van der Waals surface area (Å²) >= 11 is 5.91. The van der Waals surface area contributed by atoms with E-state index in [0.717, 1.165) is 13.1 Å². The number of morpholine rings is 1. The predicted octanol–water partition coefficient (Wildman–Crippen LogP) is 3.59. The standard InChI is InChI=1S/C25H32ClN3O3/c1-17(2)23(28-24(30)19-7-9-21(26)10-8-19)25(31)27-16-22(29-11-13-32-14-12-29)20-6-4-5-18(3)15-20/h4-10,15,17,22-23H,11-14,16H2,1-3H3,(H,27,31)(H,28,30). The first-order valence-corrected chi connectivity index (χ1v) is 11.5. The van der Waals surface area contributed by atoms with Crippen molar-refractivity contribution in [2.24, 2.45) is 5.92 Å². The molecule has 1 fully saturated rings. The van der Waals surface area contributed by atoms with Gasteiger partial charge in [0.15, 0.2) is 0 Å². The van der Waals surface area contributed by atoms with Gasteiger partial charge >= 0.3 is 0 Å². The highest BCUT2D eigenvalue weighted by Crippen LogP contribution is 2.22. The van der Waals surface area contributed by atoms with Gasteiger partial charge in [0.1, 0.15) is 6.04 Å². The van der Waals surface area contributed by atoms with Crippen molar-refractivity contribution in [2.45, 2.75) is 32.9 Å². The molecular formula is C25H32ClN3O3. The summed E-state index contributed by atoms with van der Waals surface area (Å²) in [4.78, 5) is 28.1. The highest BCUT2D eigenvalue weighted by atomic mass is 35.5. The first-order chi connectivity index (χ1) is 15.3. The first kappa shape index (κ1) is 24.2. The zero-order valence-electron chi connectivity index (χ0n) is 18.9.